The largest absolute Gasteiger partial charge is 0.460 e. The Hall–Kier alpha value is -2.97. The van der Waals surface area contributed by atoms with E-state index < -0.39 is 11.6 Å². The highest BCUT2D eigenvalue weighted by atomic mass is 16.6. The van der Waals surface area contributed by atoms with E-state index in [-0.39, 0.29) is 23.9 Å². The smallest absolute Gasteiger partial charge is 0.338 e. The van der Waals surface area contributed by atoms with E-state index in [1.54, 1.807) is 12.3 Å². The monoisotopic (exact) mass is 402 g/mol. The molecule has 2 aromatic rings. The summed E-state index contributed by atoms with van der Waals surface area (Å²) in [6.45, 7) is 6.11. The fourth-order valence-electron chi connectivity index (χ4n) is 5.10. The van der Waals surface area contributed by atoms with Crippen LogP contribution in [0.15, 0.2) is 48.7 Å². The van der Waals surface area contributed by atoms with Gasteiger partial charge in [-0.1, -0.05) is 44.2 Å². The Balaban J connectivity index is 1.60. The second-order valence-electron chi connectivity index (χ2n) is 8.67. The van der Waals surface area contributed by atoms with Crippen molar-refractivity contribution in [1.82, 2.24) is 4.98 Å². The molecule has 1 aromatic heterocycles. The molecule has 1 aliphatic carbocycles. The van der Waals surface area contributed by atoms with Crippen LogP contribution in [0.2, 0.25) is 0 Å². The maximum atomic E-state index is 12.3. The van der Waals surface area contributed by atoms with Crippen LogP contribution in [0.4, 0.5) is 0 Å². The van der Waals surface area contributed by atoms with E-state index in [1.807, 2.05) is 43.3 Å². The fourth-order valence-corrected chi connectivity index (χ4v) is 5.10. The van der Waals surface area contributed by atoms with E-state index in [1.165, 1.54) is 0 Å². The average molecular weight is 402 g/mol. The SMILES string of the molecule is C[C@H]1[C@H](/C=C/c2ccc(-c3ccccc3C#N)cn2)[C@@H]2[C@@H](C)OC(=O)[C@]2(O)C[C@@H]1C. The van der Waals surface area contributed by atoms with Gasteiger partial charge in [0.25, 0.3) is 0 Å². The predicted molar refractivity (Wildman–Crippen MR) is 114 cm³/mol. The molecule has 5 heteroatoms. The molecular weight excluding hydrogens is 376 g/mol. The van der Waals surface area contributed by atoms with Crippen molar-refractivity contribution in [1.29, 1.82) is 5.26 Å². The van der Waals surface area contributed by atoms with Gasteiger partial charge in [-0.3, -0.25) is 4.98 Å². The summed E-state index contributed by atoms with van der Waals surface area (Å²) in [6, 6.07) is 13.5. The molecule has 2 fully saturated rings. The zero-order valence-electron chi connectivity index (χ0n) is 17.4. The number of allylic oxidation sites excluding steroid dienone is 1. The minimum absolute atomic E-state index is 0.0148. The lowest BCUT2D eigenvalue weighted by Gasteiger charge is -2.44. The lowest BCUT2D eigenvalue weighted by molar-refractivity contribution is -0.160. The summed E-state index contributed by atoms with van der Waals surface area (Å²) < 4.78 is 5.41. The number of rotatable bonds is 3. The molecule has 2 heterocycles. The van der Waals surface area contributed by atoms with Crippen molar-refractivity contribution < 1.29 is 14.6 Å². The van der Waals surface area contributed by atoms with Crippen LogP contribution >= 0.6 is 0 Å². The number of fused-ring (bicyclic) bond motifs is 1. The van der Waals surface area contributed by atoms with Crippen LogP contribution in [0.5, 0.6) is 0 Å². The number of nitriles is 1. The maximum absolute atomic E-state index is 12.3. The molecule has 0 bridgehead atoms. The number of carbonyl (C=O) groups is 1. The Morgan fingerprint density at radius 2 is 2.00 bits per heavy atom. The molecule has 1 saturated carbocycles. The third-order valence-electron chi connectivity index (χ3n) is 6.89. The van der Waals surface area contributed by atoms with Gasteiger partial charge in [-0.05, 0) is 49.3 Å². The van der Waals surface area contributed by atoms with Gasteiger partial charge in [0.2, 0.25) is 0 Å². The molecule has 5 nitrogen and oxygen atoms in total. The normalized spacial score (nSPS) is 33.2. The number of ether oxygens (including phenoxy) is 1. The molecule has 0 radical (unpaired) electrons. The molecule has 1 saturated heterocycles. The number of hydrogen-bond acceptors (Lipinski definition) is 5. The third-order valence-corrected chi connectivity index (χ3v) is 6.89. The van der Waals surface area contributed by atoms with Crippen molar-refractivity contribution in [2.45, 2.75) is 38.9 Å². The van der Waals surface area contributed by atoms with Gasteiger partial charge in [-0.25, -0.2) is 4.79 Å². The van der Waals surface area contributed by atoms with Crippen molar-refractivity contribution >= 4 is 12.0 Å². The number of aromatic nitrogens is 1. The lowest BCUT2D eigenvalue weighted by Crippen LogP contribution is -2.52. The Labute approximate surface area is 177 Å². The number of carbonyl (C=O) groups excluding carboxylic acids is 1. The van der Waals surface area contributed by atoms with Gasteiger partial charge < -0.3 is 9.84 Å². The highest BCUT2D eigenvalue weighted by Crippen LogP contribution is 2.51. The number of hydrogen-bond donors (Lipinski definition) is 1. The lowest BCUT2D eigenvalue weighted by atomic mass is 9.60. The van der Waals surface area contributed by atoms with Crippen LogP contribution in [0.25, 0.3) is 17.2 Å². The molecule has 1 aliphatic heterocycles. The second-order valence-corrected chi connectivity index (χ2v) is 8.67. The summed E-state index contributed by atoms with van der Waals surface area (Å²) >= 11 is 0. The molecule has 0 spiro atoms. The summed E-state index contributed by atoms with van der Waals surface area (Å²) in [6.07, 6.45) is 5.92. The number of aliphatic hydroxyl groups is 1. The van der Waals surface area contributed by atoms with Crippen molar-refractivity contribution in [2.75, 3.05) is 0 Å². The number of cyclic esters (lactones) is 1. The van der Waals surface area contributed by atoms with E-state index >= 15 is 0 Å². The Morgan fingerprint density at radius 3 is 2.70 bits per heavy atom. The van der Waals surface area contributed by atoms with E-state index in [0.29, 0.717) is 17.9 Å². The number of nitrogens with zero attached hydrogens (tertiary/aromatic N) is 2. The Bertz CT molecular complexity index is 1020. The highest BCUT2D eigenvalue weighted by Gasteiger charge is 2.61. The quantitative estimate of drug-likeness (QED) is 0.777. The second kappa shape index (κ2) is 7.70. The molecular formula is C25H26N2O3. The predicted octanol–water partition coefficient (Wildman–Crippen LogP) is 4.22. The molecule has 6 atom stereocenters. The summed E-state index contributed by atoms with van der Waals surface area (Å²) in [4.78, 5) is 16.8. The molecule has 2 aliphatic rings. The first kappa shape index (κ1) is 20.3. The van der Waals surface area contributed by atoms with Crippen molar-refractivity contribution in [2.24, 2.45) is 23.7 Å². The first-order chi connectivity index (χ1) is 14.3. The van der Waals surface area contributed by atoms with Crippen molar-refractivity contribution in [3.63, 3.8) is 0 Å². The minimum Gasteiger partial charge on any atom is -0.460 e. The summed E-state index contributed by atoms with van der Waals surface area (Å²) in [5, 5.41) is 20.4. The molecule has 4 rings (SSSR count). The van der Waals surface area contributed by atoms with Crippen LogP contribution < -0.4 is 0 Å². The van der Waals surface area contributed by atoms with Gasteiger partial charge in [0.05, 0.1) is 17.3 Å². The first-order valence-corrected chi connectivity index (χ1v) is 10.4. The van der Waals surface area contributed by atoms with Crippen LogP contribution in [0, 0.1) is 35.0 Å². The fraction of sp³-hybridized carbons (Fsp3) is 0.400. The molecule has 154 valence electrons. The van der Waals surface area contributed by atoms with Crippen LogP contribution in [-0.2, 0) is 9.53 Å². The van der Waals surface area contributed by atoms with E-state index in [4.69, 9.17) is 4.74 Å². The standard InChI is InChI=1S/C25H26N2O3/c1-15-12-25(29)23(17(3)30-24(25)28)21(16(15)2)11-10-20-9-8-19(14-27-20)22-7-5-4-6-18(22)13-26/h4-11,14-17,21,23,29H,12H2,1-3H3/b11-10+/t15-,16+,17+,21-,23-,25-/m0/s1. The number of pyridine rings is 1. The van der Waals surface area contributed by atoms with E-state index in [2.05, 4.69) is 31.0 Å². The minimum atomic E-state index is -1.40. The highest BCUT2D eigenvalue weighted by molar-refractivity contribution is 5.82. The Kier molecular flexibility index (Phi) is 5.21. The van der Waals surface area contributed by atoms with Gasteiger partial charge in [0.15, 0.2) is 5.60 Å². The van der Waals surface area contributed by atoms with Gasteiger partial charge >= 0.3 is 5.97 Å². The molecule has 30 heavy (non-hydrogen) atoms. The number of esters is 1. The van der Waals surface area contributed by atoms with Crippen LogP contribution in [0.3, 0.4) is 0 Å². The van der Waals surface area contributed by atoms with Gasteiger partial charge in [0, 0.05) is 23.2 Å². The maximum Gasteiger partial charge on any atom is 0.338 e. The third kappa shape index (κ3) is 3.32. The topological polar surface area (TPSA) is 83.2 Å². The average Bonchev–Trinajstić information content (AvgIpc) is 2.97. The molecule has 0 unspecified atom stereocenters. The van der Waals surface area contributed by atoms with E-state index in [9.17, 15) is 15.2 Å². The van der Waals surface area contributed by atoms with Gasteiger partial charge in [-0.15, -0.1) is 0 Å². The Morgan fingerprint density at radius 1 is 1.23 bits per heavy atom. The van der Waals surface area contributed by atoms with Crippen molar-refractivity contribution in [3.05, 3.63) is 59.9 Å². The summed E-state index contributed by atoms with van der Waals surface area (Å²) in [5.41, 5.74) is 1.75. The zero-order valence-corrected chi connectivity index (χ0v) is 17.4. The van der Waals surface area contributed by atoms with E-state index in [0.717, 1.165) is 16.8 Å². The van der Waals surface area contributed by atoms with Crippen molar-refractivity contribution in [3.8, 4) is 17.2 Å². The first-order valence-electron chi connectivity index (χ1n) is 10.4. The molecule has 1 N–H and O–H groups in total. The van der Waals surface area contributed by atoms with Gasteiger partial charge in [-0.2, -0.15) is 5.26 Å². The van der Waals surface area contributed by atoms with Crippen LogP contribution in [0.1, 0.15) is 38.4 Å². The van der Waals surface area contributed by atoms with Crippen LogP contribution in [-0.4, -0.2) is 27.8 Å². The number of benzene rings is 1. The molecule has 1 aromatic carbocycles. The zero-order chi connectivity index (χ0) is 21.5. The molecule has 0 amide bonds. The van der Waals surface area contributed by atoms with Gasteiger partial charge in [0.1, 0.15) is 6.10 Å². The summed E-state index contributed by atoms with van der Waals surface area (Å²) in [7, 11) is 0. The summed E-state index contributed by atoms with van der Waals surface area (Å²) in [5.74, 6) is -0.215.